The number of rotatable bonds is 6. The smallest absolute Gasteiger partial charge is 0.388 e. The lowest BCUT2D eigenvalue weighted by Gasteiger charge is -2.38. The van der Waals surface area contributed by atoms with Gasteiger partial charge in [0.05, 0.1) is 37.6 Å². The van der Waals surface area contributed by atoms with Gasteiger partial charge < -0.3 is 30.9 Å². The second-order valence-corrected chi connectivity index (χ2v) is 8.00. The maximum Gasteiger partial charge on any atom is 0.434 e. The van der Waals surface area contributed by atoms with Crippen LogP contribution in [0.3, 0.4) is 0 Å². The molecule has 1 amide bonds. The van der Waals surface area contributed by atoms with Gasteiger partial charge in [-0.3, -0.25) is 9.78 Å². The van der Waals surface area contributed by atoms with Crippen LogP contribution in [0.1, 0.15) is 37.8 Å². The molecule has 1 aromatic rings. The Morgan fingerprint density at radius 1 is 1.16 bits per heavy atom. The monoisotopic (exact) mass is 447 g/mol. The number of amides is 1. The van der Waals surface area contributed by atoms with E-state index in [0.717, 1.165) is 31.9 Å². The first-order valence-electron chi connectivity index (χ1n) is 10.3. The first kappa shape index (κ1) is 23.6. The Bertz CT molecular complexity index is 745. The van der Waals surface area contributed by atoms with Crippen molar-refractivity contribution < 1.29 is 32.9 Å². The number of anilines is 1. The fourth-order valence-corrected chi connectivity index (χ4v) is 3.95. The molecule has 0 spiro atoms. The van der Waals surface area contributed by atoms with E-state index >= 15 is 0 Å². The molecule has 1 saturated heterocycles. The Morgan fingerprint density at radius 2 is 1.84 bits per heavy atom. The van der Waals surface area contributed by atoms with Gasteiger partial charge in [0, 0.05) is 12.1 Å². The van der Waals surface area contributed by atoms with E-state index < -0.39 is 36.2 Å². The Morgan fingerprint density at radius 3 is 2.48 bits per heavy atom. The fourth-order valence-electron chi connectivity index (χ4n) is 3.95. The minimum atomic E-state index is -4.66. The van der Waals surface area contributed by atoms with Crippen LogP contribution in [-0.2, 0) is 15.7 Å². The van der Waals surface area contributed by atoms with Crippen LogP contribution in [0.25, 0.3) is 0 Å². The van der Waals surface area contributed by atoms with E-state index in [1.54, 1.807) is 0 Å². The first-order chi connectivity index (χ1) is 14.7. The minimum Gasteiger partial charge on any atom is -0.388 e. The summed E-state index contributed by atoms with van der Waals surface area (Å²) < 4.78 is 43.9. The van der Waals surface area contributed by atoms with Gasteiger partial charge in [0.2, 0.25) is 5.91 Å². The van der Waals surface area contributed by atoms with Gasteiger partial charge in [0.1, 0.15) is 18.0 Å². The Balaban J connectivity index is 1.50. The van der Waals surface area contributed by atoms with Gasteiger partial charge >= 0.3 is 6.18 Å². The number of hydrogen-bond acceptors (Lipinski definition) is 8. The average molecular weight is 447 g/mol. The summed E-state index contributed by atoms with van der Waals surface area (Å²) in [6, 6.07) is -0.390. The first-order valence-corrected chi connectivity index (χ1v) is 10.3. The summed E-state index contributed by atoms with van der Waals surface area (Å²) in [7, 11) is 1.92. The molecule has 1 aliphatic heterocycles. The van der Waals surface area contributed by atoms with Crippen molar-refractivity contribution in [1.29, 1.82) is 0 Å². The predicted octanol–water partition coefficient (Wildman–Crippen LogP) is 0.433. The molecule has 1 saturated carbocycles. The number of aromatic nitrogens is 2. The van der Waals surface area contributed by atoms with Crippen LogP contribution in [0, 0.1) is 0 Å². The molecule has 5 N–H and O–H groups in total. The van der Waals surface area contributed by atoms with Crippen LogP contribution >= 0.6 is 0 Å². The van der Waals surface area contributed by atoms with Crippen LogP contribution in [0.5, 0.6) is 0 Å². The van der Waals surface area contributed by atoms with Crippen molar-refractivity contribution in [3.63, 3.8) is 0 Å². The molecule has 0 radical (unpaired) electrons. The quantitative estimate of drug-likeness (QED) is 0.425. The van der Waals surface area contributed by atoms with Crippen LogP contribution in [0.4, 0.5) is 19.0 Å². The molecule has 3 rings (SSSR count). The molecular formula is C19H28F3N5O4. The molecule has 0 unspecified atom stereocenters. The third kappa shape index (κ3) is 6.25. The summed E-state index contributed by atoms with van der Waals surface area (Å²) >= 11 is 0. The van der Waals surface area contributed by atoms with Gasteiger partial charge in [0.15, 0.2) is 5.69 Å². The number of aliphatic hydroxyl groups is 2. The molecule has 2 heterocycles. The summed E-state index contributed by atoms with van der Waals surface area (Å²) in [4.78, 5) is 19.3. The Labute approximate surface area is 177 Å². The largest absolute Gasteiger partial charge is 0.434 e. The van der Waals surface area contributed by atoms with Crippen LogP contribution in [0.15, 0.2) is 12.4 Å². The average Bonchev–Trinajstić information content (AvgIpc) is 2.73. The number of hydrogen-bond donors (Lipinski definition) is 5. The van der Waals surface area contributed by atoms with Gasteiger partial charge in [-0.25, -0.2) is 4.98 Å². The number of ether oxygens (including phenoxy) is 1. The Kier molecular flexibility index (Phi) is 7.68. The van der Waals surface area contributed by atoms with E-state index in [1.807, 2.05) is 7.05 Å². The van der Waals surface area contributed by atoms with E-state index in [2.05, 4.69) is 25.9 Å². The summed E-state index contributed by atoms with van der Waals surface area (Å²) in [5.74, 6) is -0.484. The summed E-state index contributed by atoms with van der Waals surface area (Å²) in [6.07, 6.45) is -3.14. The molecule has 4 atom stereocenters. The highest BCUT2D eigenvalue weighted by Crippen LogP contribution is 2.28. The van der Waals surface area contributed by atoms with E-state index in [-0.39, 0.29) is 30.8 Å². The van der Waals surface area contributed by atoms with Crippen molar-refractivity contribution in [2.75, 3.05) is 19.0 Å². The van der Waals surface area contributed by atoms with E-state index in [9.17, 15) is 28.2 Å². The highest BCUT2D eigenvalue weighted by molar-refractivity contribution is 5.76. The molecule has 2 aliphatic rings. The van der Waals surface area contributed by atoms with Gasteiger partial charge in [-0.2, -0.15) is 13.2 Å². The van der Waals surface area contributed by atoms with Crippen LogP contribution in [-0.4, -0.2) is 76.2 Å². The predicted molar refractivity (Wildman–Crippen MR) is 104 cm³/mol. The minimum absolute atomic E-state index is 0.0663. The topological polar surface area (TPSA) is 129 Å². The number of halogens is 3. The zero-order chi connectivity index (χ0) is 22.6. The van der Waals surface area contributed by atoms with Crippen molar-refractivity contribution in [2.45, 2.75) is 74.7 Å². The number of nitrogens with zero attached hydrogens (tertiary/aromatic N) is 2. The van der Waals surface area contributed by atoms with E-state index in [1.165, 1.54) is 0 Å². The third-order valence-electron chi connectivity index (χ3n) is 5.78. The van der Waals surface area contributed by atoms with Crippen molar-refractivity contribution in [3.8, 4) is 0 Å². The normalized spacial score (nSPS) is 31.8. The number of aliphatic hydroxyl groups excluding tert-OH is 2. The zero-order valence-corrected chi connectivity index (χ0v) is 17.1. The van der Waals surface area contributed by atoms with E-state index in [0.29, 0.717) is 12.2 Å². The molecule has 174 valence electrons. The maximum absolute atomic E-state index is 12.8. The molecule has 0 bridgehead atoms. The number of carbonyl (C=O) groups excluding carboxylic acids is 1. The van der Waals surface area contributed by atoms with Crippen molar-refractivity contribution >= 4 is 11.7 Å². The van der Waals surface area contributed by atoms with E-state index in [4.69, 9.17) is 4.74 Å². The SMILES string of the molecule is CNC1CCC(NC(=O)C[C@H]2OC[C@H](Nc3cncc(C(F)(F)F)n3)[C@@H](O)[C@H]2O)CC1. The zero-order valence-electron chi connectivity index (χ0n) is 17.1. The molecule has 9 nitrogen and oxygen atoms in total. The second-order valence-electron chi connectivity index (χ2n) is 8.00. The highest BCUT2D eigenvalue weighted by atomic mass is 19.4. The fraction of sp³-hybridized carbons (Fsp3) is 0.737. The summed E-state index contributed by atoms with van der Waals surface area (Å²) in [5.41, 5.74) is -1.18. The Hall–Kier alpha value is -2.02. The van der Waals surface area contributed by atoms with Crippen LogP contribution < -0.4 is 16.0 Å². The number of nitrogens with one attached hydrogen (secondary N) is 3. The van der Waals surface area contributed by atoms with Crippen LogP contribution in [0.2, 0.25) is 0 Å². The van der Waals surface area contributed by atoms with Gasteiger partial charge in [0.25, 0.3) is 0 Å². The molecule has 12 heteroatoms. The third-order valence-corrected chi connectivity index (χ3v) is 5.78. The molecule has 0 aromatic carbocycles. The van der Waals surface area contributed by atoms with Gasteiger partial charge in [-0.05, 0) is 32.7 Å². The standard InChI is InChI=1S/C19H28F3N5O4/c1-23-10-2-4-11(5-3-10)25-16(28)6-13-18(30)17(29)12(9-31-13)26-15-8-24-7-14(27-15)19(20,21)22/h7-8,10-13,17-18,23,29-30H,2-6,9H2,1H3,(H,25,28)(H,26,27)/t10?,11?,12-,13+,17+,18-/m0/s1. The lowest BCUT2D eigenvalue weighted by molar-refractivity contribution is -0.152. The van der Waals surface area contributed by atoms with Crippen molar-refractivity contribution in [1.82, 2.24) is 20.6 Å². The highest BCUT2D eigenvalue weighted by Gasteiger charge is 2.40. The summed E-state index contributed by atoms with van der Waals surface area (Å²) in [5, 5.41) is 29.5. The number of carbonyl (C=O) groups is 1. The second kappa shape index (κ2) is 10.1. The lowest BCUT2D eigenvalue weighted by atomic mass is 9.91. The molecule has 1 aromatic heterocycles. The molecular weight excluding hydrogens is 419 g/mol. The van der Waals surface area contributed by atoms with Crippen molar-refractivity contribution in [2.24, 2.45) is 0 Å². The molecule has 31 heavy (non-hydrogen) atoms. The maximum atomic E-state index is 12.8. The summed E-state index contributed by atoms with van der Waals surface area (Å²) in [6.45, 7) is -0.124. The van der Waals surface area contributed by atoms with Gasteiger partial charge in [-0.15, -0.1) is 0 Å². The lowest BCUT2D eigenvalue weighted by Crippen LogP contribution is -2.56. The van der Waals surface area contributed by atoms with Crippen molar-refractivity contribution in [3.05, 3.63) is 18.1 Å². The van der Waals surface area contributed by atoms with Gasteiger partial charge in [-0.1, -0.05) is 0 Å². The molecule has 1 aliphatic carbocycles. The molecule has 2 fully saturated rings. The number of alkyl halides is 3.